The van der Waals surface area contributed by atoms with Crippen molar-refractivity contribution >= 4 is 0 Å². The van der Waals surface area contributed by atoms with Crippen LogP contribution in [0.2, 0.25) is 0 Å². The number of rotatable bonds is 4. The van der Waals surface area contributed by atoms with Crippen LogP contribution in [0.15, 0.2) is 4.52 Å². The van der Waals surface area contributed by atoms with Gasteiger partial charge >= 0.3 is 0 Å². The minimum atomic E-state index is -0.555. The van der Waals surface area contributed by atoms with Crippen LogP contribution in [0.5, 0.6) is 0 Å². The van der Waals surface area contributed by atoms with Gasteiger partial charge in [0.15, 0.2) is 0 Å². The molecule has 0 aliphatic carbocycles. The maximum atomic E-state index is 6.17. The number of likely N-dealkylation sites (N-methyl/N-ethyl adjacent to an activating group) is 1. The van der Waals surface area contributed by atoms with E-state index in [1.165, 1.54) is 0 Å². The summed E-state index contributed by atoms with van der Waals surface area (Å²) in [6.07, 6.45) is 1.69. The molecule has 102 valence electrons. The van der Waals surface area contributed by atoms with Gasteiger partial charge in [-0.2, -0.15) is 4.98 Å². The predicted molar refractivity (Wildman–Crippen MR) is 66.9 cm³/mol. The first-order valence-electron chi connectivity index (χ1n) is 6.46. The molecule has 0 aromatic carbocycles. The van der Waals surface area contributed by atoms with Gasteiger partial charge in [0.05, 0.1) is 12.1 Å². The van der Waals surface area contributed by atoms with Crippen molar-refractivity contribution in [2.24, 2.45) is 5.73 Å². The first-order valence-corrected chi connectivity index (χ1v) is 6.46. The van der Waals surface area contributed by atoms with E-state index in [0.29, 0.717) is 18.3 Å². The molecule has 1 aromatic rings. The van der Waals surface area contributed by atoms with Gasteiger partial charge in [-0.15, -0.1) is 0 Å². The second-order valence-electron chi connectivity index (χ2n) is 5.25. The molecule has 1 aliphatic heterocycles. The Labute approximate surface area is 107 Å². The third kappa shape index (κ3) is 2.88. The molecular formula is C12H22N4O2. The fourth-order valence-electron chi connectivity index (χ4n) is 2.16. The van der Waals surface area contributed by atoms with Gasteiger partial charge in [-0.05, 0) is 20.4 Å². The predicted octanol–water partition coefficient (Wildman–Crippen LogP) is 1.05. The van der Waals surface area contributed by atoms with Crippen LogP contribution < -0.4 is 5.73 Å². The largest absolute Gasteiger partial charge is 0.367 e. The standard InChI is InChI=1S/C12H22N4O2/c1-4-5-12(2,13)11-14-10(15-18-11)9-8-16(3)6-7-17-9/h9H,4-8,13H2,1-3H3. The zero-order valence-electron chi connectivity index (χ0n) is 11.3. The van der Waals surface area contributed by atoms with Crippen molar-refractivity contribution in [2.45, 2.75) is 38.3 Å². The summed E-state index contributed by atoms with van der Waals surface area (Å²) in [6, 6.07) is 0. The molecule has 1 aromatic heterocycles. The Balaban J connectivity index is 2.10. The van der Waals surface area contributed by atoms with Crippen molar-refractivity contribution in [1.82, 2.24) is 15.0 Å². The summed E-state index contributed by atoms with van der Waals surface area (Å²) in [4.78, 5) is 6.60. The lowest BCUT2D eigenvalue weighted by atomic mass is 9.98. The molecule has 0 bridgehead atoms. The van der Waals surface area contributed by atoms with Crippen molar-refractivity contribution in [3.05, 3.63) is 11.7 Å². The fraction of sp³-hybridized carbons (Fsp3) is 0.833. The van der Waals surface area contributed by atoms with Crippen LogP contribution in [0.4, 0.5) is 0 Å². The zero-order chi connectivity index (χ0) is 13.2. The number of aromatic nitrogens is 2. The van der Waals surface area contributed by atoms with E-state index in [0.717, 1.165) is 25.9 Å². The van der Waals surface area contributed by atoms with E-state index in [1.807, 2.05) is 6.92 Å². The van der Waals surface area contributed by atoms with Crippen molar-refractivity contribution in [2.75, 3.05) is 26.7 Å². The van der Waals surface area contributed by atoms with Crippen molar-refractivity contribution in [1.29, 1.82) is 0 Å². The van der Waals surface area contributed by atoms with E-state index in [-0.39, 0.29) is 6.10 Å². The van der Waals surface area contributed by atoms with Crippen LogP contribution in [-0.4, -0.2) is 41.8 Å². The number of hydrogen-bond donors (Lipinski definition) is 1. The summed E-state index contributed by atoms with van der Waals surface area (Å²) in [7, 11) is 2.06. The van der Waals surface area contributed by atoms with Crippen LogP contribution in [0, 0.1) is 0 Å². The van der Waals surface area contributed by atoms with Gasteiger partial charge in [0, 0.05) is 13.1 Å². The second-order valence-corrected chi connectivity index (χ2v) is 5.25. The van der Waals surface area contributed by atoms with Crippen molar-refractivity contribution in [3.63, 3.8) is 0 Å². The van der Waals surface area contributed by atoms with E-state index in [4.69, 9.17) is 15.0 Å². The Bertz CT molecular complexity index is 391. The molecule has 0 radical (unpaired) electrons. The van der Waals surface area contributed by atoms with Crippen LogP contribution >= 0.6 is 0 Å². The number of nitrogens with zero attached hydrogens (tertiary/aromatic N) is 3. The van der Waals surface area contributed by atoms with Gasteiger partial charge in [-0.1, -0.05) is 18.5 Å². The minimum Gasteiger partial charge on any atom is -0.367 e. The highest BCUT2D eigenvalue weighted by molar-refractivity contribution is 5.02. The highest BCUT2D eigenvalue weighted by atomic mass is 16.5. The molecule has 2 heterocycles. The molecule has 0 amide bonds. The average Bonchev–Trinajstić information content (AvgIpc) is 2.78. The molecule has 2 N–H and O–H groups in total. The van der Waals surface area contributed by atoms with Gasteiger partial charge < -0.3 is 19.9 Å². The Kier molecular flexibility index (Phi) is 3.99. The molecule has 6 nitrogen and oxygen atoms in total. The first-order chi connectivity index (χ1) is 8.53. The Morgan fingerprint density at radius 2 is 2.33 bits per heavy atom. The molecule has 2 rings (SSSR count). The van der Waals surface area contributed by atoms with Crippen LogP contribution in [0.25, 0.3) is 0 Å². The summed E-state index contributed by atoms with van der Waals surface area (Å²) in [5.74, 6) is 1.10. The topological polar surface area (TPSA) is 77.4 Å². The molecule has 1 fully saturated rings. The zero-order valence-corrected chi connectivity index (χ0v) is 11.3. The molecular weight excluding hydrogens is 232 g/mol. The third-order valence-corrected chi connectivity index (χ3v) is 3.26. The number of ether oxygens (including phenoxy) is 1. The lowest BCUT2D eigenvalue weighted by Crippen LogP contribution is -2.36. The SMILES string of the molecule is CCCC(C)(N)c1nc(C2CN(C)CCO2)no1. The first kappa shape index (κ1) is 13.5. The summed E-state index contributed by atoms with van der Waals surface area (Å²) in [5.41, 5.74) is 5.62. The summed E-state index contributed by atoms with van der Waals surface area (Å²) >= 11 is 0. The van der Waals surface area contributed by atoms with Gasteiger partial charge in [0.25, 0.3) is 0 Å². The Hall–Kier alpha value is -0.980. The molecule has 18 heavy (non-hydrogen) atoms. The average molecular weight is 254 g/mol. The molecule has 2 atom stereocenters. The molecule has 1 saturated heterocycles. The van der Waals surface area contributed by atoms with E-state index in [1.54, 1.807) is 0 Å². The highest BCUT2D eigenvalue weighted by Gasteiger charge is 2.30. The van der Waals surface area contributed by atoms with Crippen LogP contribution in [0.1, 0.15) is 44.5 Å². The number of morpholine rings is 1. The normalized spacial score (nSPS) is 25.0. The third-order valence-electron chi connectivity index (χ3n) is 3.26. The summed E-state index contributed by atoms with van der Waals surface area (Å²) in [5, 5.41) is 4.01. The summed E-state index contributed by atoms with van der Waals surface area (Å²) < 4.78 is 10.9. The molecule has 6 heteroatoms. The lowest BCUT2D eigenvalue weighted by Gasteiger charge is -2.27. The van der Waals surface area contributed by atoms with Crippen molar-refractivity contribution in [3.8, 4) is 0 Å². The lowest BCUT2D eigenvalue weighted by molar-refractivity contribution is -0.0264. The minimum absolute atomic E-state index is 0.112. The molecule has 0 spiro atoms. The van der Waals surface area contributed by atoms with Gasteiger partial charge in [0.1, 0.15) is 6.10 Å². The smallest absolute Gasteiger partial charge is 0.246 e. The van der Waals surface area contributed by atoms with Crippen molar-refractivity contribution < 1.29 is 9.26 Å². The van der Waals surface area contributed by atoms with E-state index < -0.39 is 5.54 Å². The molecule has 1 aliphatic rings. The van der Waals surface area contributed by atoms with E-state index >= 15 is 0 Å². The number of hydrogen-bond acceptors (Lipinski definition) is 6. The van der Waals surface area contributed by atoms with E-state index in [2.05, 4.69) is 29.0 Å². The maximum absolute atomic E-state index is 6.17. The highest BCUT2D eigenvalue weighted by Crippen LogP contribution is 2.24. The van der Waals surface area contributed by atoms with Crippen LogP contribution in [-0.2, 0) is 10.3 Å². The second kappa shape index (κ2) is 5.34. The monoisotopic (exact) mass is 254 g/mol. The van der Waals surface area contributed by atoms with Gasteiger partial charge in [-0.25, -0.2) is 0 Å². The summed E-state index contributed by atoms with van der Waals surface area (Å²) in [6.45, 7) is 6.42. The van der Waals surface area contributed by atoms with E-state index in [9.17, 15) is 0 Å². The fourth-order valence-corrected chi connectivity index (χ4v) is 2.16. The van der Waals surface area contributed by atoms with Gasteiger partial charge in [-0.3, -0.25) is 0 Å². The maximum Gasteiger partial charge on any atom is 0.246 e. The quantitative estimate of drug-likeness (QED) is 0.865. The Morgan fingerprint density at radius 3 is 3.00 bits per heavy atom. The van der Waals surface area contributed by atoms with Gasteiger partial charge in [0.2, 0.25) is 11.7 Å². The van der Waals surface area contributed by atoms with Crippen LogP contribution in [0.3, 0.4) is 0 Å². The Morgan fingerprint density at radius 1 is 1.56 bits per heavy atom. The number of nitrogens with two attached hydrogens (primary N) is 1. The molecule has 0 saturated carbocycles. The molecule has 2 unspecified atom stereocenters.